The SMILES string of the molecule is C=CCN1CCN(c2ccc(NC(=O)CSc3nnc(-c4ccccc4Cl)o3)cc2)CC1. The first-order chi connectivity index (χ1) is 15.6. The van der Waals surface area contributed by atoms with E-state index in [-0.39, 0.29) is 11.7 Å². The van der Waals surface area contributed by atoms with Gasteiger partial charge < -0.3 is 14.6 Å². The van der Waals surface area contributed by atoms with Crippen molar-refractivity contribution in [3.8, 4) is 11.5 Å². The van der Waals surface area contributed by atoms with E-state index in [0.29, 0.717) is 21.7 Å². The Labute approximate surface area is 196 Å². The van der Waals surface area contributed by atoms with Gasteiger partial charge in [-0.15, -0.1) is 16.8 Å². The quantitative estimate of drug-likeness (QED) is 0.386. The number of hydrogen-bond acceptors (Lipinski definition) is 7. The third-order valence-electron chi connectivity index (χ3n) is 5.11. The Morgan fingerprint density at radius 2 is 1.88 bits per heavy atom. The van der Waals surface area contributed by atoms with E-state index in [4.69, 9.17) is 16.0 Å². The maximum atomic E-state index is 12.3. The summed E-state index contributed by atoms with van der Waals surface area (Å²) in [5, 5.41) is 11.8. The van der Waals surface area contributed by atoms with E-state index in [0.717, 1.165) is 44.1 Å². The van der Waals surface area contributed by atoms with Crippen molar-refractivity contribution in [3.05, 3.63) is 66.2 Å². The molecule has 0 unspecified atom stereocenters. The van der Waals surface area contributed by atoms with E-state index in [9.17, 15) is 4.79 Å². The minimum atomic E-state index is -0.140. The maximum absolute atomic E-state index is 12.3. The van der Waals surface area contributed by atoms with E-state index in [1.54, 1.807) is 6.07 Å². The van der Waals surface area contributed by atoms with Crippen LogP contribution in [0.5, 0.6) is 0 Å². The summed E-state index contributed by atoms with van der Waals surface area (Å²) in [6, 6.07) is 15.2. The third kappa shape index (κ3) is 5.70. The van der Waals surface area contributed by atoms with Crippen molar-refractivity contribution < 1.29 is 9.21 Å². The molecule has 3 aromatic rings. The van der Waals surface area contributed by atoms with Crippen LogP contribution in [0.3, 0.4) is 0 Å². The number of rotatable bonds is 8. The molecule has 2 heterocycles. The molecule has 1 aliphatic heterocycles. The summed E-state index contributed by atoms with van der Waals surface area (Å²) in [5.74, 6) is 0.356. The fraction of sp³-hybridized carbons (Fsp3) is 0.261. The van der Waals surface area contributed by atoms with Crippen molar-refractivity contribution in [1.29, 1.82) is 0 Å². The molecular formula is C23H24ClN5O2S. The molecule has 2 aromatic carbocycles. The van der Waals surface area contributed by atoms with Gasteiger partial charge in [0.2, 0.25) is 11.8 Å². The zero-order valence-electron chi connectivity index (χ0n) is 17.5. The molecule has 1 fully saturated rings. The maximum Gasteiger partial charge on any atom is 0.277 e. The van der Waals surface area contributed by atoms with E-state index in [1.807, 2.05) is 48.5 Å². The van der Waals surface area contributed by atoms with Crippen LogP contribution in [0.4, 0.5) is 11.4 Å². The molecular weight excluding hydrogens is 446 g/mol. The van der Waals surface area contributed by atoms with Gasteiger partial charge in [0.15, 0.2) is 0 Å². The Balaban J connectivity index is 1.26. The third-order valence-corrected chi connectivity index (χ3v) is 6.26. The molecule has 1 amide bonds. The fourth-order valence-corrected chi connectivity index (χ4v) is 4.24. The largest absolute Gasteiger partial charge is 0.411 e. The molecule has 0 aliphatic carbocycles. The number of anilines is 2. The first kappa shape index (κ1) is 22.4. The van der Waals surface area contributed by atoms with Crippen LogP contribution in [0.1, 0.15) is 0 Å². The lowest BCUT2D eigenvalue weighted by Gasteiger charge is -2.35. The number of piperazine rings is 1. The van der Waals surface area contributed by atoms with E-state index in [1.165, 1.54) is 11.8 Å². The van der Waals surface area contributed by atoms with Gasteiger partial charge in [-0.25, -0.2) is 0 Å². The number of carbonyl (C=O) groups excluding carboxylic acids is 1. The smallest absolute Gasteiger partial charge is 0.277 e. The first-order valence-electron chi connectivity index (χ1n) is 10.3. The lowest BCUT2D eigenvalue weighted by molar-refractivity contribution is -0.113. The topological polar surface area (TPSA) is 74.5 Å². The van der Waals surface area contributed by atoms with Crippen LogP contribution in [0, 0.1) is 0 Å². The van der Waals surface area contributed by atoms with Gasteiger partial charge in [-0.05, 0) is 36.4 Å². The van der Waals surface area contributed by atoms with Crippen molar-refractivity contribution in [2.75, 3.05) is 48.7 Å². The Morgan fingerprint density at radius 1 is 1.12 bits per heavy atom. The minimum absolute atomic E-state index is 0.140. The first-order valence-corrected chi connectivity index (χ1v) is 11.7. The van der Waals surface area contributed by atoms with Crippen molar-refractivity contribution in [2.45, 2.75) is 5.22 Å². The molecule has 0 bridgehead atoms. The second-order valence-corrected chi connectivity index (χ2v) is 8.65. The zero-order chi connectivity index (χ0) is 22.3. The number of hydrogen-bond donors (Lipinski definition) is 1. The van der Waals surface area contributed by atoms with Crippen LogP contribution in [0.25, 0.3) is 11.5 Å². The number of carbonyl (C=O) groups is 1. The fourth-order valence-electron chi connectivity index (χ4n) is 3.46. The average Bonchev–Trinajstić information content (AvgIpc) is 3.28. The summed E-state index contributed by atoms with van der Waals surface area (Å²) in [4.78, 5) is 17.1. The van der Waals surface area contributed by atoms with Crippen LogP contribution < -0.4 is 10.2 Å². The number of halogens is 1. The van der Waals surface area contributed by atoms with E-state index < -0.39 is 0 Å². The molecule has 1 aliphatic rings. The molecule has 4 rings (SSSR count). The van der Waals surface area contributed by atoms with Crippen LogP contribution in [-0.4, -0.2) is 59.5 Å². The van der Waals surface area contributed by atoms with Gasteiger partial charge >= 0.3 is 0 Å². The number of aromatic nitrogens is 2. The molecule has 7 nitrogen and oxygen atoms in total. The molecule has 9 heteroatoms. The van der Waals surface area contributed by atoms with Crippen molar-refractivity contribution >= 4 is 40.6 Å². The summed E-state index contributed by atoms with van der Waals surface area (Å²) >= 11 is 7.34. The molecule has 0 saturated carbocycles. The second-order valence-electron chi connectivity index (χ2n) is 7.31. The van der Waals surface area contributed by atoms with E-state index >= 15 is 0 Å². The highest BCUT2D eigenvalue weighted by molar-refractivity contribution is 7.99. The van der Waals surface area contributed by atoms with Gasteiger partial charge in [0, 0.05) is 44.1 Å². The lowest BCUT2D eigenvalue weighted by atomic mass is 10.2. The Kier molecular flexibility index (Phi) is 7.47. The Morgan fingerprint density at radius 3 is 2.59 bits per heavy atom. The van der Waals surface area contributed by atoms with Crippen LogP contribution in [0.15, 0.2) is 70.8 Å². The predicted molar refractivity (Wildman–Crippen MR) is 129 cm³/mol. The van der Waals surface area contributed by atoms with Crippen molar-refractivity contribution in [3.63, 3.8) is 0 Å². The van der Waals surface area contributed by atoms with Gasteiger partial charge in [0.1, 0.15) is 0 Å². The highest BCUT2D eigenvalue weighted by Gasteiger charge is 2.16. The van der Waals surface area contributed by atoms with Crippen LogP contribution in [0.2, 0.25) is 5.02 Å². The number of nitrogens with zero attached hydrogens (tertiary/aromatic N) is 4. The number of nitrogens with one attached hydrogen (secondary N) is 1. The number of amides is 1. The molecule has 0 spiro atoms. The second kappa shape index (κ2) is 10.7. The molecule has 166 valence electrons. The average molecular weight is 470 g/mol. The number of benzene rings is 2. The Hall–Kier alpha value is -2.81. The molecule has 1 aromatic heterocycles. The summed E-state index contributed by atoms with van der Waals surface area (Å²) in [6.45, 7) is 8.75. The van der Waals surface area contributed by atoms with Gasteiger partial charge in [0.25, 0.3) is 5.22 Å². The normalized spacial score (nSPS) is 14.3. The predicted octanol–water partition coefficient (Wildman–Crippen LogP) is 4.43. The van der Waals surface area contributed by atoms with Crippen molar-refractivity contribution in [2.24, 2.45) is 0 Å². The molecule has 32 heavy (non-hydrogen) atoms. The molecule has 1 N–H and O–H groups in total. The summed E-state index contributed by atoms with van der Waals surface area (Å²) in [7, 11) is 0. The number of thioether (sulfide) groups is 1. The van der Waals surface area contributed by atoms with E-state index in [2.05, 4.69) is 31.9 Å². The highest BCUT2D eigenvalue weighted by atomic mass is 35.5. The van der Waals surface area contributed by atoms with Gasteiger partial charge in [-0.1, -0.05) is 41.6 Å². The molecule has 1 saturated heterocycles. The summed E-state index contributed by atoms with van der Waals surface area (Å²) in [5.41, 5.74) is 2.58. The standard InChI is InChI=1S/C23H24ClN5O2S/c1-2-11-28-12-14-29(15-13-28)18-9-7-17(8-10-18)25-21(30)16-32-23-27-26-22(31-23)19-5-3-4-6-20(19)24/h2-10H,1,11-16H2,(H,25,30). The Bertz CT molecular complexity index is 1060. The van der Waals surface area contributed by atoms with Crippen LogP contribution >= 0.6 is 23.4 Å². The van der Waals surface area contributed by atoms with Gasteiger partial charge in [-0.2, -0.15) is 0 Å². The molecule has 0 atom stereocenters. The minimum Gasteiger partial charge on any atom is -0.411 e. The monoisotopic (exact) mass is 469 g/mol. The van der Waals surface area contributed by atoms with Gasteiger partial charge in [0.05, 0.1) is 16.3 Å². The summed E-state index contributed by atoms with van der Waals surface area (Å²) < 4.78 is 5.62. The lowest BCUT2D eigenvalue weighted by Crippen LogP contribution is -2.46. The zero-order valence-corrected chi connectivity index (χ0v) is 19.1. The van der Waals surface area contributed by atoms with Gasteiger partial charge in [-0.3, -0.25) is 9.69 Å². The summed E-state index contributed by atoms with van der Waals surface area (Å²) in [6.07, 6.45) is 1.95. The molecule has 0 radical (unpaired) electrons. The van der Waals surface area contributed by atoms with Crippen molar-refractivity contribution in [1.82, 2.24) is 15.1 Å². The van der Waals surface area contributed by atoms with Crippen LogP contribution in [-0.2, 0) is 4.79 Å². The highest BCUT2D eigenvalue weighted by Crippen LogP contribution is 2.28.